The van der Waals surface area contributed by atoms with E-state index in [-0.39, 0.29) is 12.3 Å². The van der Waals surface area contributed by atoms with Gasteiger partial charge in [0.1, 0.15) is 12.3 Å². The van der Waals surface area contributed by atoms with Crippen molar-refractivity contribution in [1.82, 2.24) is 10.2 Å². The molecule has 0 radical (unpaired) electrons. The molecule has 3 amide bonds. The minimum absolute atomic E-state index is 0.195. The zero-order valence-corrected chi connectivity index (χ0v) is 18.7. The summed E-state index contributed by atoms with van der Waals surface area (Å²) in [6.07, 6.45) is 3.88. The van der Waals surface area contributed by atoms with Crippen LogP contribution in [0.25, 0.3) is 6.08 Å². The third-order valence-corrected chi connectivity index (χ3v) is 5.18. The highest BCUT2D eigenvalue weighted by atomic mass is 35.5. The SMILES string of the molecule is C=CCc1cc(/C=C2/NC(=O)N(C)C2=O)cc(OCC)c1OCc1ccc(Cl)cc1Cl. The molecule has 0 saturated carbocycles. The maximum Gasteiger partial charge on any atom is 0.328 e. The number of carbonyl (C=O) groups excluding carboxylic acids is 2. The average Bonchev–Trinajstić information content (AvgIpc) is 2.96. The Morgan fingerprint density at radius 1 is 1.13 bits per heavy atom. The van der Waals surface area contributed by atoms with E-state index in [0.29, 0.717) is 40.1 Å². The lowest BCUT2D eigenvalue weighted by molar-refractivity contribution is -0.121. The van der Waals surface area contributed by atoms with Crippen LogP contribution in [-0.2, 0) is 17.8 Å². The molecule has 3 rings (SSSR count). The van der Waals surface area contributed by atoms with Crippen molar-refractivity contribution in [2.75, 3.05) is 13.7 Å². The van der Waals surface area contributed by atoms with Gasteiger partial charge < -0.3 is 14.8 Å². The van der Waals surface area contributed by atoms with E-state index in [4.69, 9.17) is 32.7 Å². The molecule has 162 valence electrons. The molecule has 1 N–H and O–H groups in total. The van der Waals surface area contributed by atoms with Crippen molar-refractivity contribution in [3.05, 3.63) is 75.4 Å². The number of nitrogens with one attached hydrogen (secondary N) is 1. The number of amides is 3. The molecule has 8 heteroatoms. The van der Waals surface area contributed by atoms with E-state index in [1.807, 2.05) is 19.1 Å². The number of hydrogen-bond acceptors (Lipinski definition) is 4. The molecule has 0 unspecified atom stereocenters. The number of allylic oxidation sites excluding steroid dienone is 1. The van der Waals surface area contributed by atoms with Crippen molar-refractivity contribution in [2.24, 2.45) is 0 Å². The number of benzene rings is 2. The Morgan fingerprint density at radius 2 is 1.90 bits per heavy atom. The van der Waals surface area contributed by atoms with Crippen LogP contribution < -0.4 is 14.8 Å². The molecular weight excluding hydrogens is 439 g/mol. The number of urea groups is 1. The lowest BCUT2D eigenvalue weighted by Crippen LogP contribution is -2.25. The number of carbonyl (C=O) groups is 2. The fourth-order valence-electron chi connectivity index (χ4n) is 3.08. The Balaban J connectivity index is 1.97. The molecule has 1 aliphatic heterocycles. The molecule has 31 heavy (non-hydrogen) atoms. The van der Waals surface area contributed by atoms with Gasteiger partial charge in [-0.2, -0.15) is 0 Å². The normalized spacial score (nSPS) is 14.7. The first-order chi connectivity index (χ1) is 14.8. The van der Waals surface area contributed by atoms with Crippen LogP contribution in [0.5, 0.6) is 11.5 Å². The predicted octanol–water partition coefficient (Wildman–Crippen LogP) is 5.22. The van der Waals surface area contributed by atoms with Gasteiger partial charge in [-0.15, -0.1) is 6.58 Å². The van der Waals surface area contributed by atoms with Crippen molar-refractivity contribution < 1.29 is 19.1 Å². The summed E-state index contributed by atoms with van der Waals surface area (Å²) >= 11 is 12.2. The summed E-state index contributed by atoms with van der Waals surface area (Å²) in [6, 6.07) is 8.39. The van der Waals surface area contributed by atoms with Crippen LogP contribution in [0.2, 0.25) is 10.0 Å². The van der Waals surface area contributed by atoms with Crippen LogP contribution in [0.3, 0.4) is 0 Å². The highest BCUT2D eigenvalue weighted by molar-refractivity contribution is 6.35. The van der Waals surface area contributed by atoms with E-state index >= 15 is 0 Å². The Bertz CT molecular complexity index is 1070. The number of rotatable bonds is 8. The van der Waals surface area contributed by atoms with Gasteiger partial charge in [0.05, 0.1) is 6.61 Å². The monoisotopic (exact) mass is 460 g/mol. The van der Waals surface area contributed by atoms with Gasteiger partial charge in [-0.25, -0.2) is 4.79 Å². The summed E-state index contributed by atoms with van der Waals surface area (Å²) in [5.74, 6) is 0.684. The maximum atomic E-state index is 12.2. The van der Waals surface area contributed by atoms with Crippen LogP contribution in [0.15, 0.2) is 48.7 Å². The zero-order valence-electron chi connectivity index (χ0n) is 17.2. The van der Waals surface area contributed by atoms with E-state index < -0.39 is 11.9 Å². The van der Waals surface area contributed by atoms with Crippen LogP contribution in [0, 0.1) is 0 Å². The molecular formula is C23H22Cl2N2O4. The summed E-state index contributed by atoms with van der Waals surface area (Å²) < 4.78 is 11.9. The van der Waals surface area contributed by atoms with E-state index in [9.17, 15) is 9.59 Å². The summed E-state index contributed by atoms with van der Waals surface area (Å²) in [6.45, 7) is 6.33. The highest BCUT2D eigenvalue weighted by Gasteiger charge is 2.30. The Kier molecular flexibility index (Phi) is 7.25. The molecule has 0 bridgehead atoms. The fourth-order valence-corrected chi connectivity index (χ4v) is 3.54. The highest BCUT2D eigenvalue weighted by Crippen LogP contribution is 2.36. The van der Waals surface area contributed by atoms with Crippen molar-refractivity contribution in [1.29, 1.82) is 0 Å². The van der Waals surface area contributed by atoms with Crippen LogP contribution >= 0.6 is 23.2 Å². The van der Waals surface area contributed by atoms with Crippen LogP contribution in [-0.4, -0.2) is 30.5 Å². The molecule has 1 heterocycles. The fraction of sp³-hybridized carbons (Fsp3) is 0.217. The van der Waals surface area contributed by atoms with Gasteiger partial charge in [0.25, 0.3) is 5.91 Å². The average molecular weight is 461 g/mol. The van der Waals surface area contributed by atoms with Gasteiger partial charge in [0.15, 0.2) is 11.5 Å². The molecule has 0 aromatic heterocycles. The van der Waals surface area contributed by atoms with E-state index in [0.717, 1.165) is 16.0 Å². The molecule has 1 fully saturated rings. The minimum Gasteiger partial charge on any atom is -0.490 e. The lowest BCUT2D eigenvalue weighted by Gasteiger charge is -2.17. The number of hydrogen-bond donors (Lipinski definition) is 1. The van der Waals surface area contributed by atoms with Crippen molar-refractivity contribution in [3.63, 3.8) is 0 Å². The molecule has 2 aromatic rings. The predicted molar refractivity (Wildman–Crippen MR) is 122 cm³/mol. The topological polar surface area (TPSA) is 67.9 Å². The molecule has 2 aromatic carbocycles. The second kappa shape index (κ2) is 9.90. The van der Waals surface area contributed by atoms with Gasteiger partial charge in [0.2, 0.25) is 0 Å². The minimum atomic E-state index is -0.465. The zero-order chi connectivity index (χ0) is 22.5. The Morgan fingerprint density at radius 3 is 2.52 bits per heavy atom. The molecule has 1 saturated heterocycles. The molecule has 0 atom stereocenters. The summed E-state index contributed by atoms with van der Waals surface area (Å²) in [7, 11) is 1.42. The second-order valence-corrected chi connectivity index (χ2v) is 7.65. The number of likely N-dealkylation sites (N-methyl/N-ethyl adjacent to an activating group) is 1. The summed E-state index contributed by atoms with van der Waals surface area (Å²) in [5, 5.41) is 3.62. The maximum absolute atomic E-state index is 12.2. The molecule has 6 nitrogen and oxygen atoms in total. The van der Waals surface area contributed by atoms with Crippen LogP contribution in [0.1, 0.15) is 23.6 Å². The quantitative estimate of drug-likeness (QED) is 0.333. The van der Waals surface area contributed by atoms with Gasteiger partial charge >= 0.3 is 6.03 Å². The molecule has 0 spiro atoms. The Labute approximate surface area is 191 Å². The van der Waals surface area contributed by atoms with Crippen molar-refractivity contribution >= 4 is 41.2 Å². The first-order valence-corrected chi connectivity index (χ1v) is 10.4. The van der Waals surface area contributed by atoms with Crippen molar-refractivity contribution in [2.45, 2.75) is 20.0 Å². The summed E-state index contributed by atoms with van der Waals surface area (Å²) in [5.41, 5.74) is 2.49. The van der Waals surface area contributed by atoms with Gasteiger partial charge in [-0.05, 0) is 49.2 Å². The van der Waals surface area contributed by atoms with Gasteiger partial charge in [0, 0.05) is 28.2 Å². The first kappa shape index (κ1) is 22.7. The smallest absolute Gasteiger partial charge is 0.328 e. The van der Waals surface area contributed by atoms with Gasteiger partial charge in [-0.3, -0.25) is 9.69 Å². The van der Waals surface area contributed by atoms with E-state index in [1.54, 1.807) is 30.4 Å². The summed E-state index contributed by atoms with van der Waals surface area (Å²) in [4.78, 5) is 24.9. The number of halogens is 2. The second-order valence-electron chi connectivity index (χ2n) is 6.81. The third kappa shape index (κ3) is 5.21. The molecule has 1 aliphatic rings. The largest absolute Gasteiger partial charge is 0.490 e. The first-order valence-electron chi connectivity index (χ1n) is 9.62. The van der Waals surface area contributed by atoms with Crippen molar-refractivity contribution in [3.8, 4) is 11.5 Å². The number of nitrogens with zero attached hydrogens (tertiary/aromatic N) is 1. The lowest BCUT2D eigenvalue weighted by atomic mass is 10.0. The standard InChI is InChI=1S/C23H22Cl2N2O4/c1-4-6-15-9-14(10-19-22(28)27(3)23(29)26-19)11-20(30-5-2)21(15)31-13-16-7-8-17(24)12-18(16)25/h4,7-12H,1,5-6,13H2,2-3H3,(H,26,29)/b19-10+. The van der Waals surface area contributed by atoms with Gasteiger partial charge in [-0.1, -0.05) is 35.3 Å². The molecule has 0 aliphatic carbocycles. The number of imide groups is 1. The third-order valence-electron chi connectivity index (χ3n) is 4.60. The van der Waals surface area contributed by atoms with E-state index in [1.165, 1.54) is 7.05 Å². The number of ether oxygens (including phenoxy) is 2. The Hall–Kier alpha value is -2.96. The van der Waals surface area contributed by atoms with E-state index in [2.05, 4.69) is 11.9 Å². The van der Waals surface area contributed by atoms with Crippen LogP contribution in [0.4, 0.5) is 4.79 Å².